The summed E-state index contributed by atoms with van der Waals surface area (Å²) in [5.41, 5.74) is 2.09. The highest BCUT2D eigenvalue weighted by molar-refractivity contribution is 14.0. The Morgan fingerprint density at radius 1 is 1.26 bits per heavy atom. The van der Waals surface area contributed by atoms with Crippen LogP contribution in [0.15, 0.2) is 29.3 Å². The van der Waals surface area contributed by atoms with Crippen LogP contribution >= 0.6 is 24.0 Å². The zero-order valence-corrected chi connectivity index (χ0v) is 16.1. The molecular formula is C16H26IN5O. The number of H-pyrrole nitrogens is 1. The first-order valence-corrected chi connectivity index (χ1v) is 7.79. The van der Waals surface area contributed by atoms with Crippen LogP contribution in [0, 0.1) is 0 Å². The quantitative estimate of drug-likeness (QED) is 0.260. The Morgan fingerprint density at radius 3 is 2.78 bits per heavy atom. The fourth-order valence-corrected chi connectivity index (χ4v) is 2.17. The van der Waals surface area contributed by atoms with E-state index in [0.717, 1.165) is 62.0 Å². The molecule has 1 heterocycles. The minimum atomic E-state index is 0. The van der Waals surface area contributed by atoms with Gasteiger partial charge in [-0.05, 0) is 25.5 Å². The molecule has 0 aliphatic heterocycles. The average Bonchev–Trinajstić information content (AvgIpc) is 2.95. The molecule has 1 aromatic heterocycles. The maximum Gasteiger partial charge on any atom is 0.190 e. The van der Waals surface area contributed by atoms with E-state index in [1.54, 1.807) is 7.05 Å². The molecule has 2 rings (SSSR count). The van der Waals surface area contributed by atoms with Crippen LogP contribution in [-0.4, -0.2) is 49.3 Å². The van der Waals surface area contributed by atoms with Crippen LogP contribution in [0.5, 0.6) is 0 Å². The number of aromatic nitrogens is 2. The zero-order chi connectivity index (χ0) is 15.6. The van der Waals surface area contributed by atoms with Crippen LogP contribution in [0.2, 0.25) is 0 Å². The lowest BCUT2D eigenvalue weighted by Gasteiger charge is -2.11. The van der Waals surface area contributed by atoms with Crippen LogP contribution in [0.1, 0.15) is 19.2 Å². The van der Waals surface area contributed by atoms with E-state index < -0.39 is 0 Å². The average molecular weight is 431 g/mol. The Hall–Kier alpha value is -1.35. The molecule has 0 bridgehead atoms. The summed E-state index contributed by atoms with van der Waals surface area (Å²) in [7, 11) is 1.78. The Balaban J connectivity index is 0.00000264. The molecule has 0 radical (unpaired) electrons. The fourth-order valence-electron chi connectivity index (χ4n) is 2.17. The fraction of sp³-hybridized carbons (Fsp3) is 0.500. The molecule has 0 atom stereocenters. The predicted molar refractivity (Wildman–Crippen MR) is 106 cm³/mol. The van der Waals surface area contributed by atoms with E-state index in [9.17, 15) is 0 Å². The van der Waals surface area contributed by atoms with Gasteiger partial charge in [0.2, 0.25) is 0 Å². The van der Waals surface area contributed by atoms with Crippen LogP contribution in [0.25, 0.3) is 11.0 Å². The first-order valence-electron chi connectivity index (χ1n) is 7.79. The second-order valence-corrected chi connectivity index (χ2v) is 4.93. The van der Waals surface area contributed by atoms with Gasteiger partial charge < -0.3 is 20.4 Å². The molecule has 0 saturated heterocycles. The molecule has 0 aliphatic rings. The van der Waals surface area contributed by atoms with E-state index in [-0.39, 0.29) is 24.0 Å². The Labute approximate surface area is 154 Å². The van der Waals surface area contributed by atoms with E-state index in [2.05, 4.69) is 25.6 Å². The third-order valence-electron chi connectivity index (χ3n) is 3.28. The van der Waals surface area contributed by atoms with Crippen molar-refractivity contribution >= 4 is 41.0 Å². The van der Waals surface area contributed by atoms with Gasteiger partial charge >= 0.3 is 0 Å². The maximum atomic E-state index is 5.30. The Bertz CT molecular complexity index is 566. The minimum absolute atomic E-state index is 0. The number of ether oxygens (including phenoxy) is 1. The number of hydrogen-bond acceptors (Lipinski definition) is 3. The second-order valence-electron chi connectivity index (χ2n) is 4.93. The normalized spacial score (nSPS) is 11.3. The topological polar surface area (TPSA) is 74.3 Å². The monoisotopic (exact) mass is 431 g/mol. The van der Waals surface area contributed by atoms with Crippen LogP contribution in [0.4, 0.5) is 0 Å². The van der Waals surface area contributed by atoms with Crippen molar-refractivity contribution in [3.8, 4) is 0 Å². The molecule has 0 amide bonds. The van der Waals surface area contributed by atoms with Gasteiger partial charge in [-0.25, -0.2) is 4.98 Å². The number of nitrogens with one attached hydrogen (secondary N) is 3. The largest absolute Gasteiger partial charge is 0.382 e. The van der Waals surface area contributed by atoms with E-state index >= 15 is 0 Å². The number of fused-ring (bicyclic) bond motifs is 1. The van der Waals surface area contributed by atoms with Gasteiger partial charge in [0.25, 0.3) is 0 Å². The number of rotatable bonds is 8. The van der Waals surface area contributed by atoms with Crippen molar-refractivity contribution in [2.24, 2.45) is 4.99 Å². The van der Waals surface area contributed by atoms with Crippen LogP contribution in [-0.2, 0) is 11.2 Å². The lowest BCUT2D eigenvalue weighted by atomic mass is 10.3. The first kappa shape index (κ1) is 19.7. The summed E-state index contributed by atoms with van der Waals surface area (Å²) in [6.07, 6.45) is 1.80. The molecule has 2 aromatic rings. The predicted octanol–water partition coefficient (Wildman–Crippen LogP) is 2.31. The lowest BCUT2D eigenvalue weighted by molar-refractivity contribution is 0.145. The highest BCUT2D eigenvalue weighted by atomic mass is 127. The van der Waals surface area contributed by atoms with E-state index in [4.69, 9.17) is 4.74 Å². The number of halogens is 1. The number of hydrogen-bond donors (Lipinski definition) is 3. The van der Waals surface area contributed by atoms with Gasteiger partial charge in [-0.1, -0.05) is 12.1 Å². The van der Waals surface area contributed by atoms with Crippen molar-refractivity contribution in [2.75, 3.05) is 33.4 Å². The molecule has 0 unspecified atom stereocenters. The summed E-state index contributed by atoms with van der Waals surface area (Å²) < 4.78 is 5.30. The van der Waals surface area contributed by atoms with Gasteiger partial charge in [-0.3, -0.25) is 4.99 Å². The molecular weight excluding hydrogens is 405 g/mol. The summed E-state index contributed by atoms with van der Waals surface area (Å²) in [5, 5.41) is 6.56. The molecule has 0 spiro atoms. The molecule has 23 heavy (non-hydrogen) atoms. The smallest absolute Gasteiger partial charge is 0.190 e. The SMILES string of the molecule is CCOCCCNC(=NC)NCCc1nc2ccccc2[nH]1.I. The van der Waals surface area contributed by atoms with Gasteiger partial charge in [0.15, 0.2) is 5.96 Å². The number of aliphatic imine (C=N–C) groups is 1. The van der Waals surface area contributed by atoms with Gasteiger partial charge in [0.05, 0.1) is 11.0 Å². The van der Waals surface area contributed by atoms with Gasteiger partial charge in [-0.2, -0.15) is 0 Å². The van der Waals surface area contributed by atoms with Crippen molar-refractivity contribution in [1.29, 1.82) is 0 Å². The standard InChI is InChI=1S/C16H25N5O.HI/c1-3-22-12-6-10-18-16(17-2)19-11-9-15-20-13-7-4-5-8-14(13)21-15;/h4-5,7-8H,3,6,9-12H2,1-2H3,(H,20,21)(H2,17,18,19);1H. The molecule has 1 aromatic carbocycles. The third-order valence-corrected chi connectivity index (χ3v) is 3.28. The van der Waals surface area contributed by atoms with Gasteiger partial charge in [0.1, 0.15) is 5.82 Å². The summed E-state index contributed by atoms with van der Waals surface area (Å²) in [4.78, 5) is 12.1. The van der Waals surface area contributed by atoms with Crippen molar-refractivity contribution in [1.82, 2.24) is 20.6 Å². The number of aromatic amines is 1. The lowest BCUT2D eigenvalue weighted by Crippen LogP contribution is -2.39. The van der Waals surface area contributed by atoms with Crippen molar-refractivity contribution in [2.45, 2.75) is 19.8 Å². The third kappa shape index (κ3) is 6.74. The molecule has 128 valence electrons. The first-order chi connectivity index (χ1) is 10.8. The number of nitrogens with zero attached hydrogens (tertiary/aromatic N) is 2. The summed E-state index contributed by atoms with van der Waals surface area (Å²) in [5.74, 6) is 1.80. The molecule has 0 fully saturated rings. The number of para-hydroxylation sites is 2. The Kier molecular flexibility index (Phi) is 9.61. The number of imidazole rings is 1. The molecule has 0 saturated carbocycles. The Morgan fingerprint density at radius 2 is 2.04 bits per heavy atom. The van der Waals surface area contributed by atoms with E-state index in [0.29, 0.717) is 0 Å². The maximum absolute atomic E-state index is 5.30. The van der Waals surface area contributed by atoms with E-state index in [1.807, 2.05) is 31.2 Å². The van der Waals surface area contributed by atoms with Crippen molar-refractivity contribution in [3.05, 3.63) is 30.1 Å². The summed E-state index contributed by atoms with van der Waals surface area (Å²) in [6, 6.07) is 8.07. The number of guanidine groups is 1. The number of benzene rings is 1. The zero-order valence-electron chi connectivity index (χ0n) is 13.8. The van der Waals surface area contributed by atoms with Gasteiger partial charge in [-0.15, -0.1) is 24.0 Å². The van der Waals surface area contributed by atoms with E-state index in [1.165, 1.54) is 0 Å². The highest BCUT2D eigenvalue weighted by Gasteiger charge is 2.02. The summed E-state index contributed by atoms with van der Waals surface area (Å²) in [6.45, 7) is 5.19. The summed E-state index contributed by atoms with van der Waals surface area (Å²) >= 11 is 0. The van der Waals surface area contributed by atoms with Crippen LogP contribution in [0.3, 0.4) is 0 Å². The van der Waals surface area contributed by atoms with Crippen molar-refractivity contribution in [3.63, 3.8) is 0 Å². The van der Waals surface area contributed by atoms with Crippen molar-refractivity contribution < 1.29 is 4.74 Å². The second kappa shape index (κ2) is 11.2. The van der Waals surface area contributed by atoms with Gasteiger partial charge in [0, 0.05) is 39.8 Å². The van der Waals surface area contributed by atoms with Crippen LogP contribution < -0.4 is 10.6 Å². The molecule has 7 heteroatoms. The highest BCUT2D eigenvalue weighted by Crippen LogP contribution is 2.10. The molecule has 6 nitrogen and oxygen atoms in total. The molecule has 0 aliphatic carbocycles. The minimum Gasteiger partial charge on any atom is -0.382 e. The molecule has 3 N–H and O–H groups in total.